The lowest BCUT2D eigenvalue weighted by Gasteiger charge is -2.40. The van der Waals surface area contributed by atoms with Gasteiger partial charge in [0.05, 0.1) is 6.54 Å². The molecule has 1 unspecified atom stereocenters. The van der Waals surface area contributed by atoms with E-state index in [1.54, 1.807) is 11.1 Å². The summed E-state index contributed by atoms with van der Waals surface area (Å²) in [5.41, 5.74) is 1.06. The molecule has 0 spiro atoms. The fourth-order valence-corrected chi connectivity index (χ4v) is 3.88. The van der Waals surface area contributed by atoms with Gasteiger partial charge in [0, 0.05) is 39.1 Å². The van der Waals surface area contributed by atoms with E-state index in [4.69, 9.17) is 0 Å². The number of imidazole rings is 1. The lowest BCUT2D eigenvalue weighted by Crippen LogP contribution is -2.57. The molecule has 1 amide bonds. The number of hydrogen-bond acceptors (Lipinski definition) is 4. The maximum Gasteiger partial charge on any atom is 0.256 e. The van der Waals surface area contributed by atoms with Gasteiger partial charge in [-0.2, -0.15) is 0 Å². The first-order valence-electron chi connectivity index (χ1n) is 10.0. The zero-order valence-electron chi connectivity index (χ0n) is 17.4. The Morgan fingerprint density at radius 2 is 2.00 bits per heavy atom. The molecule has 0 bridgehead atoms. The van der Waals surface area contributed by atoms with Crippen LogP contribution in [0.3, 0.4) is 0 Å². The second kappa shape index (κ2) is 8.45. The van der Waals surface area contributed by atoms with E-state index in [-0.39, 0.29) is 5.91 Å². The number of nitrogens with zero attached hydrogens (tertiary/aromatic N) is 4. The van der Waals surface area contributed by atoms with Crippen molar-refractivity contribution in [2.75, 3.05) is 20.1 Å². The predicted molar refractivity (Wildman–Crippen MR) is 110 cm³/mol. The van der Waals surface area contributed by atoms with E-state index in [9.17, 15) is 9.90 Å². The molecule has 1 aromatic heterocycles. The predicted octanol–water partition coefficient (Wildman–Crippen LogP) is 2.53. The summed E-state index contributed by atoms with van der Waals surface area (Å²) >= 11 is 0. The van der Waals surface area contributed by atoms with Crippen molar-refractivity contribution in [2.45, 2.75) is 51.3 Å². The highest BCUT2D eigenvalue weighted by Gasteiger charge is 2.42. The number of amides is 1. The lowest BCUT2D eigenvalue weighted by atomic mass is 9.90. The summed E-state index contributed by atoms with van der Waals surface area (Å²) in [4.78, 5) is 21.2. The van der Waals surface area contributed by atoms with Crippen molar-refractivity contribution in [3.05, 3.63) is 53.6 Å². The van der Waals surface area contributed by atoms with Crippen LogP contribution in [0, 0.1) is 0 Å². The van der Waals surface area contributed by atoms with E-state index >= 15 is 0 Å². The highest BCUT2D eigenvalue weighted by Crippen LogP contribution is 2.26. The second-order valence-corrected chi connectivity index (χ2v) is 8.38. The van der Waals surface area contributed by atoms with Gasteiger partial charge >= 0.3 is 0 Å². The Morgan fingerprint density at radius 1 is 1.29 bits per heavy atom. The average Bonchev–Trinajstić information content (AvgIpc) is 3.04. The van der Waals surface area contributed by atoms with Crippen LogP contribution in [0.25, 0.3) is 0 Å². The normalized spacial score (nSPS) is 20.4. The van der Waals surface area contributed by atoms with Crippen molar-refractivity contribution in [1.82, 2.24) is 19.4 Å². The maximum absolute atomic E-state index is 13.1. The summed E-state index contributed by atoms with van der Waals surface area (Å²) in [7, 11) is 3.87. The van der Waals surface area contributed by atoms with Crippen LogP contribution in [0.15, 0.2) is 36.7 Å². The van der Waals surface area contributed by atoms with E-state index < -0.39 is 5.60 Å². The molecule has 1 aliphatic heterocycles. The van der Waals surface area contributed by atoms with Gasteiger partial charge in [-0.3, -0.25) is 9.69 Å². The largest absolute Gasteiger partial charge is 0.379 e. The Hall–Kier alpha value is -2.18. The highest BCUT2D eigenvalue weighted by molar-refractivity contribution is 5.86. The number of carbonyl (C=O) groups excluding carboxylic acids is 1. The van der Waals surface area contributed by atoms with Crippen molar-refractivity contribution in [3.8, 4) is 0 Å². The first kappa shape index (κ1) is 20.6. The van der Waals surface area contributed by atoms with Crippen molar-refractivity contribution in [2.24, 2.45) is 7.05 Å². The van der Waals surface area contributed by atoms with Crippen LogP contribution in [-0.2, 0) is 24.9 Å². The molecule has 1 fully saturated rings. The average molecular weight is 385 g/mol. The monoisotopic (exact) mass is 384 g/mol. The molecule has 0 saturated carbocycles. The Bertz CT molecular complexity index is 799. The number of piperidine rings is 1. The van der Waals surface area contributed by atoms with Crippen molar-refractivity contribution in [1.29, 1.82) is 0 Å². The van der Waals surface area contributed by atoms with Gasteiger partial charge < -0.3 is 14.6 Å². The van der Waals surface area contributed by atoms with E-state index in [1.807, 2.05) is 29.8 Å². The number of aryl methyl sites for hydroxylation is 1. The quantitative estimate of drug-likeness (QED) is 0.797. The van der Waals surface area contributed by atoms with Gasteiger partial charge in [0.25, 0.3) is 5.91 Å². The molecule has 1 N–H and O–H groups in total. The molecule has 0 aliphatic carbocycles. The minimum Gasteiger partial charge on any atom is -0.379 e. The van der Waals surface area contributed by atoms with Crippen LogP contribution in [-0.4, -0.2) is 56.1 Å². The third kappa shape index (κ3) is 4.62. The van der Waals surface area contributed by atoms with E-state index in [1.165, 1.54) is 5.56 Å². The van der Waals surface area contributed by atoms with Gasteiger partial charge in [0.2, 0.25) is 0 Å². The third-order valence-electron chi connectivity index (χ3n) is 5.59. The third-order valence-corrected chi connectivity index (χ3v) is 5.59. The molecule has 6 heteroatoms. The molecule has 1 saturated heterocycles. The first-order valence-corrected chi connectivity index (χ1v) is 10.0. The van der Waals surface area contributed by atoms with Gasteiger partial charge in [0.1, 0.15) is 5.82 Å². The molecule has 2 aromatic rings. The number of likely N-dealkylation sites (N-methyl/N-ethyl adjacent to an activating group) is 1. The molecular formula is C22H32N4O2. The Morgan fingerprint density at radius 3 is 2.61 bits per heavy atom. The van der Waals surface area contributed by atoms with Crippen LogP contribution < -0.4 is 0 Å². The first-order chi connectivity index (χ1) is 13.3. The fourth-order valence-electron chi connectivity index (χ4n) is 3.88. The van der Waals surface area contributed by atoms with Gasteiger partial charge in [-0.25, -0.2) is 4.98 Å². The summed E-state index contributed by atoms with van der Waals surface area (Å²) in [6, 6.07) is 8.43. The molecule has 2 heterocycles. The highest BCUT2D eigenvalue weighted by atomic mass is 16.3. The summed E-state index contributed by atoms with van der Waals surface area (Å²) in [5, 5.41) is 11.1. The molecule has 28 heavy (non-hydrogen) atoms. The minimum atomic E-state index is -1.34. The fraction of sp³-hybridized carbons (Fsp3) is 0.545. The van der Waals surface area contributed by atoms with Crippen LogP contribution in [0.1, 0.15) is 49.6 Å². The standard InChI is InChI=1S/C22H32N4O2/c1-17(2)19-8-6-18(7-9-19)14-26-12-5-10-22(28,21(26)27)16-24(3)15-20-23-11-13-25(20)4/h6-9,11,13,17,28H,5,10,12,14-16H2,1-4H3. The van der Waals surface area contributed by atoms with Crippen molar-refractivity contribution in [3.63, 3.8) is 0 Å². The summed E-state index contributed by atoms with van der Waals surface area (Å²) < 4.78 is 1.95. The van der Waals surface area contributed by atoms with Gasteiger partial charge in [-0.05, 0) is 36.9 Å². The van der Waals surface area contributed by atoms with Crippen LogP contribution >= 0.6 is 0 Å². The number of aliphatic hydroxyl groups is 1. The Balaban J connectivity index is 1.64. The van der Waals surface area contributed by atoms with Crippen LogP contribution in [0.4, 0.5) is 0 Å². The molecule has 152 valence electrons. The smallest absolute Gasteiger partial charge is 0.256 e. The van der Waals surface area contributed by atoms with Crippen molar-refractivity contribution < 1.29 is 9.90 Å². The number of likely N-dealkylation sites (tertiary alicyclic amines) is 1. The number of rotatable bonds is 7. The molecule has 3 rings (SSSR count). The maximum atomic E-state index is 13.1. The molecular weight excluding hydrogens is 352 g/mol. The van der Waals surface area contributed by atoms with E-state index in [2.05, 4.69) is 43.1 Å². The minimum absolute atomic E-state index is 0.168. The molecule has 6 nitrogen and oxygen atoms in total. The number of benzene rings is 1. The lowest BCUT2D eigenvalue weighted by molar-refractivity contribution is -0.160. The zero-order valence-corrected chi connectivity index (χ0v) is 17.4. The van der Waals surface area contributed by atoms with Crippen molar-refractivity contribution >= 4 is 5.91 Å². The van der Waals surface area contributed by atoms with Gasteiger partial charge in [-0.15, -0.1) is 0 Å². The Kier molecular flexibility index (Phi) is 6.20. The van der Waals surface area contributed by atoms with E-state index in [0.717, 1.165) is 17.8 Å². The van der Waals surface area contributed by atoms with Crippen LogP contribution in [0.2, 0.25) is 0 Å². The number of hydrogen-bond donors (Lipinski definition) is 1. The Labute approximate surface area is 167 Å². The number of carbonyl (C=O) groups is 1. The topological polar surface area (TPSA) is 61.6 Å². The second-order valence-electron chi connectivity index (χ2n) is 8.38. The molecule has 1 aliphatic rings. The molecule has 1 aromatic carbocycles. The summed E-state index contributed by atoms with van der Waals surface area (Å²) in [6.07, 6.45) is 4.97. The zero-order chi connectivity index (χ0) is 20.3. The van der Waals surface area contributed by atoms with Gasteiger partial charge in [0.15, 0.2) is 5.60 Å². The molecule has 1 atom stereocenters. The van der Waals surface area contributed by atoms with Crippen LogP contribution in [0.5, 0.6) is 0 Å². The number of aromatic nitrogens is 2. The SMILES string of the molecule is CC(C)c1ccc(CN2CCCC(O)(CN(C)Cc3nccn3C)C2=O)cc1. The molecule has 0 radical (unpaired) electrons. The van der Waals surface area contributed by atoms with Gasteiger partial charge in [-0.1, -0.05) is 38.1 Å². The van der Waals surface area contributed by atoms with E-state index in [0.29, 0.717) is 38.5 Å². The summed E-state index contributed by atoms with van der Waals surface area (Å²) in [5.74, 6) is 1.24. The summed E-state index contributed by atoms with van der Waals surface area (Å²) in [6.45, 7) is 6.48.